The number of benzene rings is 4. The fraction of sp³-hybridized carbons (Fsp3) is 0.0952. The number of rotatable bonds is 7. The maximum absolute atomic E-state index is 6.37. The Hall–Kier alpha value is -5.23. The Kier molecular flexibility index (Phi) is 9.28. The summed E-state index contributed by atoms with van der Waals surface area (Å²) in [4.78, 5) is 17.9. The molecule has 8 rings (SSSR count). The van der Waals surface area contributed by atoms with E-state index < -0.39 is 0 Å². The molecule has 2 aliphatic rings. The topological polar surface area (TPSA) is 48.0 Å². The second-order valence-electron chi connectivity index (χ2n) is 12.4. The van der Waals surface area contributed by atoms with Crippen LogP contribution in [-0.4, -0.2) is 21.9 Å². The van der Waals surface area contributed by atoms with E-state index in [0.29, 0.717) is 11.5 Å². The van der Waals surface area contributed by atoms with Crippen LogP contribution in [0.3, 0.4) is 0 Å². The molecule has 2 aliphatic heterocycles. The number of nitrogens with zero attached hydrogens (tertiary/aromatic N) is 6. The van der Waals surface area contributed by atoms with E-state index in [2.05, 4.69) is 107 Å². The first-order chi connectivity index (χ1) is 24.0. The molecule has 0 spiro atoms. The molecule has 50 heavy (non-hydrogen) atoms. The van der Waals surface area contributed by atoms with Gasteiger partial charge in [0.15, 0.2) is 0 Å². The van der Waals surface area contributed by atoms with E-state index >= 15 is 0 Å². The Morgan fingerprint density at radius 2 is 1.20 bits per heavy atom. The van der Waals surface area contributed by atoms with Crippen molar-refractivity contribution in [2.75, 3.05) is 21.7 Å². The van der Waals surface area contributed by atoms with E-state index in [1.807, 2.05) is 109 Å². The first-order valence-electron chi connectivity index (χ1n) is 16.2. The third-order valence-electron chi connectivity index (χ3n) is 9.07. The molecule has 6 aromatic rings. The van der Waals surface area contributed by atoms with Crippen LogP contribution in [0.5, 0.6) is 11.5 Å². The van der Waals surface area contributed by atoms with Gasteiger partial charge in [-0.25, -0.2) is 0 Å². The van der Waals surface area contributed by atoms with E-state index in [9.17, 15) is 0 Å². The van der Waals surface area contributed by atoms with E-state index in [1.54, 1.807) is 0 Å². The van der Waals surface area contributed by atoms with E-state index in [1.165, 1.54) is 5.56 Å². The van der Waals surface area contributed by atoms with E-state index in [-0.39, 0.29) is 26.6 Å². The van der Waals surface area contributed by atoms with E-state index in [0.717, 1.165) is 45.3 Å². The molecule has 8 heteroatoms. The number of pyridine rings is 2. The van der Waals surface area contributed by atoms with Crippen LogP contribution >= 0.6 is 0 Å². The molecule has 248 valence electrons. The summed E-state index contributed by atoms with van der Waals surface area (Å²) < 4.78 is 6.37. The molecule has 0 saturated heterocycles. The summed E-state index contributed by atoms with van der Waals surface area (Å²) in [7, 11) is 2.10. The first-order valence-corrected chi connectivity index (χ1v) is 16.2. The number of aromatic nitrogens is 2. The minimum absolute atomic E-state index is 0. The number of para-hydroxylation sites is 2. The SMILES string of the molecule is CN1[CH-]N(c2[c-]c(Oc3[c-]c(N4C=CN(c5c(-c6ccccn6)cccc5-c5ccccn5)[CH-]4)ccc3)ccc2)c2ccccc2C1(C)C.[Pt+4]. The van der Waals surface area contributed by atoms with Gasteiger partial charge in [0.1, 0.15) is 0 Å². The second-order valence-corrected chi connectivity index (χ2v) is 12.4. The molecule has 0 atom stereocenters. The molecule has 0 saturated carbocycles. The van der Waals surface area contributed by atoms with Crippen LogP contribution in [-0.2, 0) is 26.6 Å². The molecule has 0 radical (unpaired) electrons. The third-order valence-corrected chi connectivity index (χ3v) is 9.07. The summed E-state index contributed by atoms with van der Waals surface area (Å²) in [5.74, 6) is 1.20. The molecule has 0 aliphatic carbocycles. The Morgan fingerprint density at radius 3 is 1.86 bits per heavy atom. The first kappa shape index (κ1) is 33.3. The van der Waals surface area contributed by atoms with Crippen LogP contribution in [0.2, 0.25) is 0 Å². The minimum Gasteiger partial charge on any atom is -0.509 e. The average Bonchev–Trinajstić information content (AvgIpc) is 3.64. The fourth-order valence-corrected chi connectivity index (χ4v) is 6.27. The molecule has 0 bridgehead atoms. The number of fused-ring (bicyclic) bond motifs is 1. The summed E-state index contributed by atoms with van der Waals surface area (Å²) >= 11 is 0. The number of anilines is 4. The number of ether oxygens (including phenoxy) is 1. The van der Waals surface area contributed by atoms with Crippen molar-refractivity contribution in [3.8, 4) is 34.0 Å². The van der Waals surface area contributed by atoms with E-state index in [4.69, 9.17) is 4.74 Å². The third kappa shape index (κ3) is 6.31. The molecule has 7 nitrogen and oxygen atoms in total. The van der Waals surface area contributed by atoms with Crippen LogP contribution in [0.4, 0.5) is 22.7 Å². The normalized spacial score (nSPS) is 15.1. The van der Waals surface area contributed by atoms with Crippen molar-refractivity contribution < 1.29 is 25.8 Å². The molecular formula is C42H34N6OPt. The molecule has 4 heterocycles. The van der Waals surface area contributed by atoms with Gasteiger partial charge in [0.25, 0.3) is 0 Å². The van der Waals surface area contributed by atoms with Crippen LogP contribution in [0, 0.1) is 25.5 Å². The Morgan fingerprint density at radius 1 is 0.620 bits per heavy atom. The van der Waals surface area contributed by atoms with Crippen molar-refractivity contribution in [1.29, 1.82) is 0 Å². The monoisotopic (exact) mass is 833 g/mol. The molecule has 0 N–H and O–H groups in total. The predicted molar refractivity (Wildman–Crippen MR) is 196 cm³/mol. The van der Waals surface area contributed by atoms with Gasteiger partial charge in [-0.3, -0.25) is 9.97 Å². The zero-order valence-corrected chi connectivity index (χ0v) is 30.1. The van der Waals surface area contributed by atoms with Crippen molar-refractivity contribution in [3.63, 3.8) is 0 Å². The Balaban J connectivity index is 0.00000392. The van der Waals surface area contributed by atoms with Crippen molar-refractivity contribution in [2.24, 2.45) is 0 Å². The van der Waals surface area contributed by atoms with Crippen LogP contribution in [0.15, 0.2) is 140 Å². The largest absolute Gasteiger partial charge is 4.00 e. The number of hydrogen-bond donors (Lipinski definition) is 0. The van der Waals surface area contributed by atoms with Crippen molar-refractivity contribution in [3.05, 3.63) is 171 Å². The molecular weight excluding hydrogens is 800 g/mol. The van der Waals surface area contributed by atoms with Gasteiger partial charge in [-0.05, 0) is 69.2 Å². The smallest absolute Gasteiger partial charge is 0.509 e. The van der Waals surface area contributed by atoms with Crippen molar-refractivity contribution in [1.82, 2.24) is 14.9 Å². The molecule has 0 fully saturated rings. The Bertz CT molecular complexity index is 2080. The molecule has 0 amide bonds. The Labute approximate surface area is 308 Å². The molecule has 4 aromatic carbocycles. The van der Waals surface area contributed by atoms with Crippen molar-refractivity contribution >= 4 is 22.7 Å². The van der Waals surface area contributed by atoms with Crippen LogP contribution < -0.4 is 19.4 Å². The predicted octanol–water partition coefficient (Wildman–Crippen LogP) is 9.56. The standard InChI is InChI=1S/C42H34N6O.Pt/c1-42(2)37-19-4-5-22-40(37)48(29-45(42)3)32-14-11-16-34(28-32)49-33-15-10-13-31(27-33)46-25-26-47(30-46)41-35(38-20-6-8-23-43-38)17-12-18-36(41)39-21-7-9-24-44-39;/h4-26,29-30H,1-3H3;/q-4;+4. The van der Waals surface area contributed by atoms with Gasteiger partial charge in [-0.15, -0.1) is 54.4 Å². The molecule has 0 unspecified atom stereocenters. The number of hydrogen-bond acceptors (Lipinski definition) is 7. The van der Waals surface area contributed by atoms with Crippen LogP contribution in [0.1, 0.15) is 19.4 Å². The zero-order valence-electron chi connectivity index (χ0n) is 27.8. The second kappa shape index (κ2) is 13.9. The summed E-state index contributed by atoms with van der Waals surface area (Å²) in [6, 6.07) is 45.5. The van der Waals surface area contributed by atoms with Gasteiger partial charge in [0, 0.05) is 51.9 Å². The van der Waals surface area contributed by atoms with Gasteiger partial charge in [0.05, 0.1) is 11.4 Å². The maximum Gasteiger partial charge on any atom is 4.00 e. The average molecular weight is 834 g/mol. The van der Waals surface area contributed by atoms with Gasteiger partial charge in [0.2, 0.25) is 0 Å². The summed E-state index contributed by atoms with van der Waals surface area (Å²) in [6.07, 6.45) is 7.69. The van der Waals surface area contributed by atoms with Gasteiger partial charge < -0.3 is 24.3 Å². The fourth-order valence-electron chi connectivity index (χ4n) is 6.27. The minimum atomic E-state index is -0.131. The van der Waals surface area contributed by atoms with Crippen LogP contribution in [0.25, 0.3) is 22.5 Å². The summed E-state index contributed by atoms with van der Waals surface area (Å²) in [5, 5.41) is 0. The van der Waals surface area contributed by atoms with Gasteiger partial charge in [-0.1, -0.05) is 48.5 Å². The summed E-state index contributed by atoms with van der Waals surface area (Å²) in [6.45, 7) is 8.63. The van der Waals surface area contributed by atoms with Gasteiger partial charge >= 0.3 is 21.1 Å². The quantitative estimate of drug-likeness (QED) is 0.149. The molecule has 2 aromatic heterocycles. The maximum atomic E-state index is 6.37. The zero-order chi connectivity index (χ0) is 33.4. The summed E-state index contributed by atoms with van der Waals surface area (Å²) in [5.41, 5.74) is 8.75. The van der Waals surface area contributed by atoms with Crippen molar-refractivity contribution in [2.45, 2.75) is 19.4 Å². The van der Waals surface area contributed by atoms with Gasteiger partial charge in [-0.2, -0.15) is 18.8 Å².